The first kappa shape index (κ1) is 22.0. The second-order valence-electron chi connectivity index (χ2n) is 6.72. The molecule has 1 fully saturated rings. The minimum Gasteiger partial charge on any atom is -0.486 e. The molecule has 1 unspecified atom stereocenters. The number of ether oxygens (including phenoxy) is 1. The predicted octanol–water partition coefficient (Wildman–Crippen LogP) is 1.36. The molecule has 0 spiro atoms. The van der Waals surface area contributed by atoms with Gasteiger partial charge < -0.3 is 15.6 Å². The van der Waals surface area contributed by atoms with Crippen molar-refractivity contribution in [3.05, 3.63) is 58.4 Å². The summed E-state index contributed by atoms with van der Waals surface area (Å²) in [5, 5.41) is 29.1. The number of β-amino-alcohol motifs (C(OH)–C–C–N with tert-alkyl or cyclic N) is 1. The highest BCUT2D eigenvalue weighted by atomic mass is 35.5. The van der Waals surface area contributed by atoms with Crippen LogP contribution < -0.4 is 10.5 Å². The van der Waals surface area contributed by atoms with E-state index < -0.39 is 27.5 Å². The van der Waals surface area contributed by atoms with Crippen LogP contribution in [0.2, 0.25) is 5.02 Å². The highest BCUT2D eigenvalue weighted by Gasteiger charge is 2.50. The number of nitrogens with two attached hydrogens (primary N) is 1. The molecule has 0 radical (unpaired) electrons. The molecule has 1 saturated heterocycles. The Morgan fingerprint density at radius 1 is 1.27 bits per heavy atom. The van der Waals surface area contributed by atoms with E-state index in [4.69, 9.17) is 27.3 Å². The lowest BCUT2D eigenvalue weighted by Crippen LogP contribution is -2.50. The summed E-state index contributed by atoms with van der Waals surface area (Å²) in [7, 11) is -4.18. The molecule has 3 N–H and O–H groups in total. The lowest BCUT2D eigenvalue weighted by atomic mass is 10.0. The molecule has 8 nitrogen and oxygen atoms in total. The van der Waals surface area contributed by atoms with E-state index in [0.29, 0.717) is 0 Å². The maximum Gasteiger partial charge on any atom is 0.244 e. The summed E-state index contributed by atoms with van der Waals surface area (Å²) < 4.78 is 46.6. The third kappa shape index (κ3) is 3.97. The van der Waals surface area contributed by atoms with E-state index in [-0.39, 0.29) is 46.4 Å². The molecule has 30 heavy (non-hydrogen) atoms. The number of hydrogen-bond acceptors (Lipinski definition) is 7. The van der Waals surface area contributed by atoms with Gasteiger partial charge in [-0.15, -0.1) is 0 Å². The summed E-state index contributed by atoms with van der Waals surface area (Å²) in [6.45, 7) is -0.998. The van der Waals surface area contributed by atoms with Gasteiger partial charge in [0.15, 0.2) is 0 Å². The third-order valence-corrected chi connectivity index (χ3v) is 6.90. The van der Waals surface area contributed by atoms with Crippen LogP contribution in [0.5, 0.6) is 5.75 Å². The number of nitrogens with zero attached hydrogens (tertiary/aromatic N) is 3. The molecule has 0 saturated carbocycles. The zero-order valence-electron chi connectivity index (χ0n) is 15.4. The quantitative estimate of drug-likeness (QED) is 0.700. The summed E-state index contributed by atoms with van der Waals surface area (Å²) in [6.07, 6.45) is -1.11. The predicted molar refractivity (Wildman–Crippen MR) is 104 cm³/mol. The molecular formula is C19H16ClFN4O4S. The Balaban J connectivity index is 1.92. The summed E-state index contributed by atoms with van der Waals surface area (Å²) >= 11 is 5.83. The smallest absolute Gasteiger partial charge is 0.244 e. The highest BCUT2D eigenvalue weighted by Crippen LogP contribution is 2.32. The van der Waals surface area contributed by atoms with E-state index >= 15 is 0 Å². The minimum absolute atomic E-state index is 0.00632. The van der Waals surface area contributed by atoms with E-state index in [1.807, 2.05) is 0 Å². The maximum atomic E-state index is 13.9. The Morgan fingerprint density at radius 2 is 1.97 bits per heavy atom. The topological polar surface area (TPSA) is 140 Å². The van der Waals surface area contributed by atoms with E-state index in [1.54, 1.807) is 12.1 Å². The Bertz CT molecular complexity index is 1180. The number of aliphatic hydroxyl groups is 1. The van der Waals surface area contributed by atoms with Crippen LogP contribution in [0.3, 0.4) is 0 Å². The van der Waals surface area contributed by atoms with Crippen molar-refractivity contribution in [1.82, 2.24) is 4.31 Å². The molecule has 2 aromatic carbocycles. The van der Waals surface area contributed by atoms with Crippen LogP contribution in [-0.4, -0.2) is 49.2 Å². The Hall–Kier alpha value is -2.73. The van der Waals surface area contributed by atoms with Crippen LogP contribution in [0.15, 0.2) is 41.3 Å². The van der Waals surface area contributed by atoms with E-state index in [1.165, 1.54) is 30.3 Å². The number of halogens is 2. The van der Waals surface area contributed by atoms with Crippen LogP contribution in [0.25, 0.3) is 0 Å². The van der Waals surface area contributed by atoms with Gasteiger partial charge in [0.2, 0.25) is 10.0 Å². The van der Waals surface area contributed by atoms with Crippen LogP contribution in [-0.2, 0) is 10.0 Å². The maximum absolute atomic E-state index is 13.9. The van der Waals surface area contributed by atoms with Gasteiger partial charge in [0, 0.05) is 24.2 Å². The summed E-state index contributed by atoms with van der Waals surface area (Å²) in [4.78, 5) is -0.265. The zero-order chi connectivity index (χ0) is 22.1. The van der Waals surface area contributed by atoms with Gasteiger partial charge in [-0.1, -0.05) is 11.6 Å². The monoisotopic (exact) mass is 450 g/mol. The second kappa shape index (κ2) is 8.19. The van der Waals surface area contributed by atoms with Crippen molar-refractivity contribution in [2.45, 2.75) is 16.6 Å². The molecular weight excluding hydrogens is 435 g/mol. The first-order valence-corrected chi connectivity index (χ1v) is 10.4. The fourth-order valence-corrected chi connectivity index (χ4v) is 4.93. The number of nitriles is 2. The Morgan fingerprint density at radius 3 is 2.57 bits per heavy atom. The number of rotatable bonds is 5. The third-order valence-electron chi connectivity index (χ3n) is 4.79. The summed E-state index contributed by atoms with van der Waals surface area (Å²) in [6, 6.07) is 10.8. The molecule has 1 heterocycles. The SMILES string of the molecule is N#Cc1ccc(OC2CN(S(=O)(=O)c3ccc(Cl)cc3C#N)C[C@]2(O)CN)cc1F. The number of hydrogen-bond donors (Lipinski definition) is 2. The number of sulfonamides is 1. The number of benzene rings is 2. The van der Waals surface area contributed by atoms with Crippen LogP contribution in [0, 0.1) is 28.5 Å². The molecule has 0 aliphatic carbocycles. The normalized spacial score (nSPS) is 21.7. The average Bonchev–Trinajstić information content (AvgIpc) is 3.05. The fraction of sp³-hybridized carbons (Fsp3) is 0.263. The van der Waals surface area contributed by atoms with Gasteiger partial charge in [-0.05, 0) is 30.3 Å². The van der Waals surface area contributed by atoms with Crippen molar-refractivity contribution in [1.29, 1.82) is 10.5 Å². The van der Waals surface area contributed by atoms with E-state index in [0.717, 1.165) is 10.4 Å². The lowest BCUT2D eigenvalue weighted by molar-refractivity contribution is -0.0200. The molecule has 0 amide bonds. The van der Waals surface area contributed by atoms with Gasteiger partial charge in [0.25, 0.3) is 0 Å². The van der Waals surface area contributed by atoms with Gasteiger partial charge >= 0.3 is 0 Å². The van der Waals surface area contributed by atoms with Gasteiger partial charge in [0.1, 0.15) is 40.3 Å². The van der Waals surface area contributed by atoms with Crippen molar-refractivity contribution >= 4 is 21.6 Å². The largest absolute Gasteiger partial charge is 0.486 e. The molecule has 156 valence electrons. The molecule has 0 aromatic heterocycles. The lowest BCUT2D eigenvalue weighted by Gasteiger charge is -2.27. The van der Waals surface area contributed by atoms with Gasteiger partial charge in [-0.3, -0.25) is 0 Å². The van der Waals surface area contributed by atoms with E-state index in [9.17, 15) is 23.2 Å². The first-order chi connectivity index (χ1) is 14.1. The van der Waals surface area contributed by atoms with Gasteiger partial charge in [-0.25, -0.2) is 12.8 Å². The minimum atomic E-state index is -4.18. The first-order valence-electron chi connectivity index (χ1n) is 8.63. The Kier molecular flexibility index (Phi) is 5.99. The molecule has 1 aliphatic rings. The van der Waals surface area contributed by atoms with E-state index in [2.05, 4.69) is 0 Å². The Labute approximate surface area is 177 Å². The summed E-state index contributed by atoms with van der Waals surface area (Å²) in [5.74, 6) is -0.805. The fourth-order valence-electron chi connectivity index (χ4n) is 3.13. The van der Waals surface area contributed by atoms with Crippen molar-refractivity contribution < 1.29 is 22.7 Å². The molecule has 0 bridgehead atoms. The van der Waals surface area contributed by atoms with Crippen LogP contribution in [0.4, 0.5) is 4.39 Å². The molecule has 11 heteroatoms. The zero-order valence-corrected chi connectivity index (χ0v) is 17.0. The van der Waals surface area contributed by atoms with Gasteiger partial charge in [-0.2, -0.15) is 14.8 Å². The molecule has 2 atom stereocenters. The highest BCUT2D eigenvalue weighted by molar-refractivity contribution is 7.89. The van der Waals surface area contributed by atoms with Crippen molar-refractivity contribution in [3.63, 3.8) is 0 Å². The van der Waals surface area contributed by atoms with Crippen molar-refractivity contribution in [2.75, 3.05) is 19.6 Å². The standard InChI is InChI=1S/C19H16ClFN4O4S/c20-14-2-4-17(13(5-14)8-23)30(27,28)25-9-18(19(26,10-24)11-25)29-15-3-1-12(7-22)16(21)6-15/h1-6,18,26H,9-11,24H2/t18?,19-/m1/s1. The van der Waals surface area contributed by atoms with Crippen LogP contribution in [0.1, 0.15) is 11.1 Å². The molecule has 3 rings (SSSR count). The van der Waals surface area contributed by atoms with Crippen molar-refractivity contribution in [2.24, 2.45) is 5.73 Å². The van der Waals surface area contributed by atoms with Crippen molar-refractivity contribution in [3.8, 4) is 17.9 Å². The second-order valence-corrected chi connectivity index (χ2v) is 9.06. The van der Waals surface area contributed by atoms with Crippen LogP contribution >= 0.6 is 11.6 Å². The van der Waals surface area contributed by atoms with Gasteiger partial charge in [0.05, 0.1) is 17.7 Å². The average molecular weight is 451 g/mol. The molecule has 2 aromatic rings. The molecule has 1 aliphatic heterocycles. The summed E-state index contributed by atoms with van der Waals surface area (Å²) in [5.41, 5.74) is 3.59.